The molecule has 3 N–H and O–H groups in total. The molecule has 11 saturated heterocycles. The molecule has 0 aromatic rings. The zero-order chi connectivity index (χ0) is 52.2. The quantitative estimate of drug-likeness (QED) is 0.150. The Labute approximate surface area is 435 Å². The average Bonchev–Trinajstić information content (AvgIpc) is 3.39. The first-order valence-corrected chi connectivity index (χ1v) is 29.9. The van der Waals surface area contributed by atoms with Crippen LogP contribution >= 0.6 is 12.6 Å². The van der Waals surface area contributed by atoms with E-state index in [-0.39, 0.29) is 91.3 Å². The minimum Gasteiger partial charge on any atom is -0.387 e. The highest BCUT2D eigenvalue weighted by molar-refractivity contribution is 7.81. The number of thiol groups is 1. The van der Waals surface area contributed by atoms with Crippen molar-refractivity contribution in [2.45, 2.75) is 289 Å². The minimum absolute atomic E-state index is 0.0256. The Morgan fingerprint density at radius 3 is 1.74 bits per heavy atom. The third kappa shape index (κ3) is 10.3. The Bertz CT molecular complexity index is 2320. The molecule has 25 atom stereocenters. The Kier molecular flexibility index (Phi) is 14.1. The van der Waals surface area contributed by atoms with E-state index in [1.54, 1.807) is 20.8 Å². The molecule has 0 aromatic heterocycles. The maximum Gasteiger partial charge on any atom is 0.397 e. The van der Waals surface area contributed by atoms with E-state index < -0.39 is 104 Å². The summed E-state index contributed by atoms with van der Waals surface area (Å²) in [4.78, 5) is 0. The first-order valence-electron chi connectivity index (χ1n) is 26.6. The highest BCUT2D eigenvalue weighted by Crippen LogP contribution is 2.55. The van der Waals surface area contributed by atoms with Crippen LogP contribution in [0, 0.1) is 11.3 Å². The molecule has 73 heavy (non-hydrogen) atoms. The van der Waals surface area contributed by atoms with Crippen molar-refractivity contribution in [1.29, 1.82) is 0 Å². The topological polar surface area (TPSA) is 249 Å². The summed E-state index contributed by atoms with van der Waals surface area (Å²) in [6, 6.07) is 0. The SMILES string of the molecule is C=C1CC2OC3C(CC2OC1S)OC1CC2OC4CC5OC6CC7OC8CC9OC(C)(C(C)(C)CC(C)(C)OS(=O)(=O)O)C(OS(=O)(=O)O)CC9OC8CC7OC6CCC5(C)OC4(C)CCC(C)C2OC1C3O. The van der Waals surface area contributed by atoms with Gasteiger partial charge in [0.15, 0.2) is 0 Å². The molecule has 11 aliphatic rings. The van der Waals surface area contributed by atoms with E-state index in [1.807, 2.05) is 0 Å². The van der Waals surface area contributed by atoms with Gasteiger partial charge in [-0.3, -0.25) is 9.11 Å². The fourth-order valence-corrected chi connectivity index (χ4v) is 16.8. The monoisotopic (exact) mass is 1090 g/mol. The van der Waals surface area contributed by atoms with E-state index in [9.17, 15) is 31.0 Å². The molecule has 20 nitrogen and oxygen atoms in total. The van der Waals surface area contributed by atoms with Crippen molar-refractivity contribution < 1.29 is 91.5 Å². The summed E-state index contributed by atoms with van der Waals surface area (Å²) in [6.45, 7) is 18.8. The molecule has 0 amide bonds. The summed E-state index contributed by atoms with van der Waals surface area (Å²) in [6.07, 6.45) is -1.86. The molecular formula is C50H78O20S3. The summed E-state index contributed by atoms with van der Waals surface area (Å²) in [7, 11) is -9.80. The number of rotatable bonds is 7. The molecule has 0 aromatic carbocycles. The summed E-state index contributed by atoms with van der Waals surface area (Å²) in [5.74, 6) is 0.117. The lowest BCUT2D eigenvalue weighted by Crippen LogP contribution is -2.69. The summed E-state index contributed by atoms with van der Waals surface area (Å²) in [5.41, 5.74) is -4.68. The smallest absolute Gasteiger partial charge is 0.387 e. The molecule has 11 rings (SSSR count). The highest BCUT2D eigenvalue weighted by Gasteiger charge is 2.64. The maximum atomic E-state index is 12.3. The molecule has 11 fully saturated rings. The van der Waals surface area contributed by atoms with Crippen molar-refractivity contribution in [1.82, 2.24) is 0 Å². The molecule has 23 heteroatoms. The normalized spacial score (nSPS) is 52.2. The first-order chi connectivity index (χ1) is 34.0. The van der Waals surface area contributed by atoms with Crippen molar-refractivity contribution in [3.8, 4) is 0 Å². The van der Waals surface area contributed by atoms with Gasteiger partial charge >= 0.3 is 20.8 Å². The zero-order valence-corrected chi connectivity index (χ0v) is 45.7. The lowest BCUT2D eigenvalue weighted by molar-refractivity contribution is -0.347. The van der Waals surface area contributed by atoms with Gasteiger partial charge in [-0.15, -0.1) is 12.6 Å². The number of ether oxygens (including phenoxy) is 11. The standard InChI is InChI=1S/C50H78O20S3/c1-23-10-12-48(7)39(63-35-19-37-44(66-42(23)35)41(51)43-36(61-37)18-32-26(64-43)14-24(2)45(71)65-32)21-38-49(8,69-48)13-11-25-27(62-38)15-29-28(58-25)16-30-31(59-29)17-34-33(60-30)20-40(68-72(52,53)54)50(9,67-34)46(3,4)22-47(5,6)70-73(55,56)57/h23,25-45,51,71H,2,10-22H2,1,3-9H3,(H,52,53,54)(H,55,56,57). The summed E-state index contributed by atoms with van der Waals surface area (Å²) >= 11 is 4.57. The molecule has 0 radical (unpaired) electrons. The maximum absolute atomic E-state index is 12.3. The van der Waals surface area contributed by atoms with Crippen LogP contribution in [0.25, 0.3) is 0 Å². The Hall–Kier alpha value is -0.650. The Morgan fingerprint density at radius 1 is 0.616 bits per heavy atom. The lowest BCUT2D eigenvalue weighted by Gasteiger charge is -2.59. The van der Waals surface area contributed by atoms with Crippen molar-refractivity contribution in [2.75, 3.05) is 0 Å². The average molecular weight is 1100 g/mol. The lowest BCUT2D eigenvalue weighted by atomic mass is 9.65. The fraction of sp³-hybridized carbons (Fsp3) is 0.960. The van der Waals surface area contributed by atoms with Gasteiger partial charge in [-0.2, -0.15) is 16.8 Å². The first kappa shape index (κ1) is 54.3. The van der Waals surface area contributed by atoms with Gasteiger partial charge in [0.05, 0.1) is 120 Å². The summed E-state index contributed by atoms with van der Waals surface area (Å²) < 4.78 is 153. The third-order valence-corrected chi connectivity index (χ3v) is 20.7. The van der Waals surface area contributed by atoms with Crippen LogP contribution in [0.15, 0.2) is 12.2 Å². The van der Waals surface area contributed by atoms with Crippen LogP contribution < -0.4 is 0 Å². The number of hydrogen-bond acceptors (Lipinski definition) is 19. The number of aliphatic hydroxyl groups is 1. The van der Waals surface area contributed by atoms with Gasteiger partial charge in [0.1, 0.15) is 29.9 Å². The highest BCUT2D eigenvalue weighted by atomic mass is 32.3. The van der Waals surface area contributed by atoms with Gasteiger partial charge in [0.25, 0.3) is 0 Å². The predicted molar refractivity (Wildman–Crippen MR) is 259 cm³/mol. The van der Waals surface area contributed by atoms with Gasteiger partial charge in [-0.05, 0) is 83.6 Å². The molecule has 0 bridgehead atoms. The van der Waals surface area contributed by atoms with Gasteiger partial charge < -0.3 is 57.2 Å². The van der Waals surface area contributed by atoms with Crippen molar-refractivity contribution >= 4 is 33.4 Å². The number of fused-ring (bicyclic) bond motifs is 10. The van der Waals surface area contributed by atoms with Crippen LogP contribution in [0.2, 0.25) is 0 Å². The van der Waals surface area contributed by atoms with Gasteiger partial charge in [-0.25, -0.2) is 8.37 Å². The van der Waals surface area contributed by atoms with E-state index >= 15 is 0 Å². The molecule has 416 valence electrons. The van der Waals surface area contributed by atoms with Crippen molar-refractivity contribution in [3.63, 3.8) is 0 Å². The van der Waals surface area contributed by atoms with E-state index in [0.29, 0.717) is 57.8 Å². The van der Waals surface area contributed by atoms with Crippen LogP contribution in [0.1, 0.15) is 139 Å². The summed E-state index contributed by atoms with van der Waals surface area (Å²) in [5, 5.41) is 11.9. The fourth-order valence-electron chi connectivity index (χ4n) is 15.3. The molecule has 0 spiro atoms. The van der Waals surface area contributed by atoms with Gasteiger partial charge in [-0.1, -0.05) is 27.4 Å². The van der Waals surface area contributed by atoms with Gasteiger partial charge in [0.2, 0.25) is 0 Å². The van der Waals surface area contributed by atoms with E-state index in [2.05, 4.69) is 40.0 Å². The second-order valence-electron chi connectivity index (χ2n) is 25.3. The molecule has 0 aliphatic carbocycles. The second-order valence-corrected chi connectivity index (χ2v) is 27.8. The van der Waals surface area contributed by atoms with Crippen molar-refractivity contribution in [2.24, 2.45) is 11.3 Å². The van der Waals surface area contributed by atoms with E-state index in [0.717, 1.165) is 18.4 Å². The van der Waals surface area contributed by atoms with Crippen LogP contribution in [0.4, 0.5) is 0 Å². The number of hydrogen-bond donors (Lipinski definition) is 4. The minimum atomic E-state index is -4.97. The van der Waals surface area contributed by atoms with Crippen molar-refractivity contribution in [3.05, 3.63) is 12.2 Å². The molecule has 11 aliphatic heterocycles. The van der Waals surface area contributed by atoms with Crippen LogP contribution in [0.3, 0.4) is 0 Å². The molecular weight excluding hydrogens is 1020 g/mol. The van der Waals surface area contributed by atoms with Gasteiger partial charge in [0, 0.05) is 51.4 Å². The third-order valence-electron chi connectivity index (χ3n) is 19.1. The second kappa shape index (κ2) is 19.0. The van der Waals surface area contributed by atoms with E-state index in [1.165, 1.54) is 13.8 Å². The van der Waals surface area contributed by atoms with E-state index in [4.69, 9.17) is 60.5 Å². The number of aliphatic hydroxyl groups excluding tert-OH is 1. The van der Waals surface area contributed by atoms with Crippen LogP contribution in [0.5, 0.6) is 0 Å². The molecule has 0 saturated carbocycles. The van der Waals surface area contributed by atoms with Crippen LogP contribution in [-0.4, -0.2) is 181 Å². The largest absolute Gasteiger partial charge is 0.397 e. The zero-order valence-electron chi connectivity index (χ0n) is 43.1. The Balaban J connectivity index is 0.763. The molecule has 11 heterocycles. The Morgan fingerprint density at radius 2 is 1.11 bits per heavy atom. The molecule has 25 unspecified atom stereocenters. The van der Waals surface area contributed by atoms with Crippen LogP contribution in [-0.2, 0) is 81.3 Å². The predicted octanol–water partition coefficient (Wildman–Crippen LogP) is 4.92.